The van der Waals surface area contributed by atoms with Crippen molar-refractivity contribution in [1.29, 1.82) is 0 Å². The zero-order valence-electron chi connectivity index (χ0n) is 13.0. The lowest BCUT2D eigenvalue weighted by Gasteiger charge is -2.09. The first-order chi connectivity index (χ1) is 11.1. The molecule has 0 atom stereocenters. The van der Waals surface area contributed by atoms with Gasteiger partial charge < -0.3 is 20.1 Å². The van der Waals surface area contributed by atoms with E-state index in [-0.39, 0.29) is 24.6 Å². The number of methoxy groups -OCH3 is 2. The molecule has 0 radical (unpaired) electrons. The van der Waals surface area contributed by atoms with Gasteiger partial charge in [-0.3, -0.25) is 0 Å². The smallest absolute Gasteiger partial charge is 0.322 e. The Morgan fingerprint density at radius 3 is 2.48 bits per heavy atom. The Balaban J connectivity index is 1.96. The van der Waals surface area contributed by atoms with Gasteiger partial charge in [-0.2, -0.15) is 9.97 Å². The van der Waals surface area contributed by atoms with Crippen molar-refractivity contribution in [3.8, 4) is 12.0 Å². The topological polar surface area (TPSA) is 98.3 Å². The predicted octanol–water partition coefficient (Wildman–Crippen LogP) is 1.93. The summed E-state index contributed by atoms with van der Waals surface area (Å²) < 4.78 is 9.90. The quantitative estimate of drug-likeness (QED) is 0.778. The third-order valence-corrected chi connectivity index (χ3v) is 3.47. The highest BCUT2D eigenvalue weighted by Crippen LogP contribution is 2.18. The number of amides is 2. The van der Waals surface area contributed by atoms with Gasteiger partial charge in [0.15, 0.2) is 5.82 Å². The van der Waals surface area contributed by atoms with Gasteiger partial charge in [0.25, 0.3) is 0 Å². The van der Waals surface area contributed by atoms with E-state index in [2.05, 4.69) is 25.6 Å². The number of thioether (sulfide) groups is 1. The number of hydrogen-bond donors (Lipinski definition) is 2. The van der Waals surface area contributed by atoms with Gasteiger partial charge in [-0.1, -0.05) is 6.07 Å². The molecule has 2 amide bonds. The number of carbonyl (C=O) groups excluding carboxylic acids is 1. The average molecular weight is 335 g/mol. The molecule has 0 aliphatic rings. The number of benzene rings is 1. The van der Waals surface area contributed by atoms with Crippen LogP contribution < -0.4 is 20.1 Å². The van der Waals surface area contributed by atoms with Gasteiger partial charge in [0.1, 0.15) is 0 Å². The molecule has 122 valence electrons. The first-order valence-corrected chi connectivity index (χ1v) is 7.89. The van der Waals surface area contributed by atoms with E-state index in [4.69, 9.17) is 9.47 Å². The van der Waals surface area contributed by atoms with Crippen LogP contribution in [0.3, 0.4) is 0 Å². The second kappa shape index (κ2) is 8.18. The molecule has 2 aromatic rings. The Bertz CT molecular complexity index is 661. The number of hydrogen-bond acceptors (Lipinski definition) is 7. The third kappa shape index (κ3) is 4.99. The Hall–Kier alpha value is -2.55. The highest BCUT2D eigenvalue weighted by molar-refractivity contribution is 7.98. The van der Waals surface area contributed by atoms with Crippen molar-refractivity contribution in [1.82, 2.24) is 20.3 Å². The maximum Gasteiger partial charge on any atom is 0.322 e. The molecular weight excluding hydrogens is 318 g/mol. The van der Waals surface area contributed by atoms with E-state index in [0.717, 1.165) is 4.90 Å². The monoisotopic (exact) mass is 335 g/mol. The number of ether oxygens (including phenoxy) is 2. The first kappa shape index (κ1) is 16.8. The summed E-state index contributed by atoms with van der Waals surface area (Å²) in [6, 6.07) is 7.44. The molecule has 0 aliphatic carbocycles. The third-order valence-electron chi connectivity index (χ3n) is 2.74. The van der Waals surface area contributed by atoms with Crippen LogP contribution in [0.2, 0.25) is 0 Å². The Labute approximate surface area is 138 Å². The Morgan fingerprint density at radius 2 is 1.87 bits per heavy atom. The second-order valence-corrected chi connectivity index (χ2v) is 5.14. The molecule has 0 saturated carbocycles. The predicted molar refractivity (Wildman–Crippen MR) is 87.0 cm³/mol. The maximum absolute atomic E-state index is 11.9. The zero-order chi connectivity index (χ0) is 16.7. The van der Waals surface area contributed by atoms with Crippen LogP contribution in [0.4, 0.5) is 10.5 Å². The zero-order valence-corrected chi connectivity index (χ0v) is 13.8. The summed E-state index contributed by atoms with van der Waals surface area (Å²) in [5.41, 5.74) is 0.708. The molecule has 0 fully saturated rings. The minimum Gasteiger partial charge on any atom is -0.467 e. The van der Waals surface area contributed by atoms with Crippen molar-refractivity contribution in [3.63, 3.8) is 0 Å². The van der Waals surface area contributed by atoms with Crippen molar-refractivity contribution in [3.05, 3.63) is 30.1 Å². The normalized spacial score (nSPS) is 10.0. The van der Waals surface area contributed by atoms with Crippen LogP contribution in [0.1, 0.15) is 5.82 Å². The summed E-state index contributed by atoms with van der Waals surface area (Å²) in [4.78, 5) is 25.0. The standard InChI is InChI=1S/C14H17N5O3S/c1-21-13-17-11(18-14(19-13)22-2)8-15-12(20)16-9-5-4-6-10(7-9)23-3/h4-7H,8H2,1-3H3,(H2,15,16,20). The molecule has 0 aliphatic heterocycles. The van der Waals surface area contributed by atoms with Crippen LogP contribution in [0.5, 0.6) is 12.0 Å². The number of aromatic nitrogens is 3. The number of nitrogens with zero attached hydrogens (tertiary/aromatic N) is 3. The van der Waals surface area contributed by atoms with E-state index in [9.17, 15) is 4.79 Å². The Kier molecular flexibility index (Phi) is 5.98. The van der Waals surface area contributed by atoms with Crippen LogP contribution in [-0.2, 0) is 6.54 Å². The molecule has 2 N–H and O–H groups in total. The van der Waals surface area contributed by atoms with Crippen LogP contribution in [-0.4, -0.2) is 41.5 Å². The van der Waals surface area contributed by atoms with E-state index in [1.54, 1.807) is 11.8 Å². The summed E-state index contributed by atoms with van der Waals surface area (Å²) in [7, 11) is 2.88. The van der Waals surface area contributed by atoms with Crippen molar-refractivity contribution in [2.45, 2.75) is 11.4 Å². The summed E-state index contributed by atoms with van der Waals surface area (Å²) >= 11 is 1.60. The lowest BCUT2D eigenvalue weighted by molar-refractivity contribution is 0.251. The molecule has 1 aromatic carbocycles. The fraction of sp³-hybridized carbons (Fsp3) is 0.286. The van der Waals surface area contributed by atoms with Crippen LogP contribution in [0.25, 0.3) is 0 Å². The second-order valence-electron chi connectivity index (χ2n) is 4.26. The molecule has 2 rings (SSSR count). The molecular formula is C14H17N5O3S. The van der Waals surface area contributed by atoms with Crippen molar-refractivity contribution >= 4 is 23.5 Å². The molecule has 8 nitrogen and oxygen atoms in total. The molecule has 1 heterocycles. The van der Waals surface area contributed by atoms with Gasteiger partial charge in [0.2, 0.25) is 0 Å². The van der Waals surface area contributed by atoms with Gasteiger partial charge in [0, 0.05) is 10.6 Å². The van der Waals surface area contributed by atoms with Gasteiger partial charge in [-0.05, 0) is 24.5 Å². The molecule has 0 unspecified atom stereocenters. The number of nitrogens with one attached hydrogen (secondary N) is 2. The number of anilines is 1. The first-order valence-electron chi connectivity index (χ1n) is 6.66. The van der Waals surface area contributed by atoms with E-state index in [1.807, 2.05) is 30.5 Å². The van der Waals surface area contributed by atoms with Crippen molar-refractivity contribution < 1.29 is 14.3 Å². The highest BCUT2D eigenvalue weighted by atomic mass is 32.2. The average Bonchev–Trinajstić information content (AvgIpc) is 2.59. The summed E-state index contributed by atoms with van der Waals surface area (Å²) in [5, 5.41) is 5.41. The highest BCUT2D eigenvalue weighted by Gasteiger charge is 2.09. The molecule has 0 spiro atoms. The van der Waals surface area contributed by atoms with Crippen LogP contribution in [0, 0.1) is 0 Å². The SMILES string of the molecule is COc1nc(CNC(=O)Nc2cccc(SC)c2)nc(OC)n1. The summed E-state index contributed by atoms with van der Waals surface area (Å²) in [5.74, 6) is 0.335. The summed E-state index contributed by atoms with van der Waals surface area (Å²) in [6.07, 6.45) is 1.97. The maximum atomic E-state index is 11.9. The minimum atomic E-state index is -0.360. The van der Waals surface area contributed by atoms with Crippen molar-refractivity contribution in [2.24, 2.45) is 0 Å². The van der Waals surface area contributed by atoms with E-state index in [1.165, 1.54) is 14.2 Å². The molecule has 23 heavy (non-hydrogen) atoms. The Morgan fingerprint density at radius 1 is 1.17 bits per heavy atom. The summed E-state index contributed by atoms with van der Waals surface area (Å²) in [6.45, 7) is 0.114. The fourth-order valence-electron chi connectivity index (χ4n) is 1.67. The lowest BCUT2D eigenvalue weighted by atomic mass is 10.3. The van der Waals surface area contributed by atoms with E-state index < -0.39 is 0 Å². The van der Waals surface area contributed by atoms with Gasteiger partial charge in [-0.15, -0.1) is 16.7 Å². The molecule has 0 saturated heterocycles. The minimum absolute atomic E-state index is 0.114. The fourth-order valence-corrected chi connectivity index (χ4v) is 2.13. The lowest BCUT2D eigenvalue weighted by Crippen LogP contribution is -2.29. The van der Waals surface area contributed by atoms with Gasteiger partial charge in [-0.25, -0.2) is 4.79 Å². The number of urea groups is 1. The largest absolute Gasteiger partial charge is 0.467 e. The molecule has 0 bridgehead atoms. The molecule has 9 heteroatoms. The van der Waals surface area contributed by atoms with Gasteiger partial charge >= 0.3 is 18.1 Å². The van der Waals surface area contributed by atoms with Gasteiger partial charge in [0.05, 0.1) is 20.8 Å². The van der Waals surface area contributed by atoms with E-state index >= 15 is 0 Å². The van der Waals surface area contributed by atoms with Crippen molar-refractivity contribution in [2.75, 3.05) is 25.8 Å². The number of carbonyl (C=O) groups is 1. The van der Waals surface area contributed by atoms with Crippen LogP contribution >= 0.6 is 11.8 Å². The molecule has 1 aromatic heterocycles. The number of rotatable bonds is 6. The van der Waals surface area contributed by atoms with Crippen LogP contribution in [0.15, 0.2) is 29.2 Å². The van der Waals surface area contributed by atoms with E-state index in [0.29, 0.717) is 11.5 Å².